The zero-order chi connectivity index (χ0) is 17.5. The third-order valence-electron chi connectivity index (χ3n) is 4.02. The lowest BCUT2D eigenvalue weighted by Crippen LogP contribution is -2.53. The summed E-state index contributed by atoms with van der Waals surface area (Å²) in [6, 6.07) is 10.3. The molecule has 1 aromatic heterocycles. The van der Waals surface area contributed by atoms with Gasteiger partial charge in [0.05, 0.1) is 17.8 Å². The Morgan fingerprint density at radius 3 is 2.68 bits per heavy atom. The van der Waals surface area contributed by atoms with E-state index in [1.54, 1.807) is 12.4 Å². The summed E-state index contributed by atoms with van der Waals surface area (Å²) in [4.78, 5) is 13.3. The highest BCUT2D eigenvalue weighted by Gasteiger charge is 2.27. The molecule has 25 heavy (non-hydrogen) atoms. The zero-order valence-electron chi connectivity index (χ0n) is 14.2. The van der Waals surface area contributed by atoms with Gasteiger partial charge < -0.3 is 9.64 Å². The maximum absolute atomic E-state index is 5.86. The smallest absolute Gasteiger partial charge is 0.226 e. The van der Waals surface area contributed by atoms with Gasteiger partial charge in [-0.1, -0.05) is 36.3 Å². The number of hydrogen-bond donors (Lipinski definition) is 0. The normalized spacial score (nSPS) is 17.8. The molecule has 0 spiro atoms. The average molecular weight is 401 g/mol. The van der Waals surface area contributed by atoms with Crippen molar-refractivity contribution < 1.29 is 4.74 Å². The highest BCUT2D eigenvalue weighted by atomic mass is 79.9. The van der Waals surface area contributed by atoms with Crippen LogP contribution >= 0.6 is 15.9 Å². The Morgan fingerprint density at radius 1 is 1.20 bits per heavy atom. The molecular weight excluding hydrogens is 380 g/mol. The van der Waals surface area contributed by atoms with Gasteiger partial charge in [-0.25, -0.2) is 9.97 Å². The van der Waals surface area contributed by atoms with Crippen LogP contribution in [-0.2, 0) is 11.3 Å². The van der Waals surface area contributed by atoms with Crippen molar-refractivity contribution in [3.8, 4) is 11.8 Å². The van der Waals surface area contributed by atoms with Crippen molar-refractivity contribution in [3.63, 3.8) is 0 Å². The first-order valence-electron chi connectivity index (χ1n) is 8.27. The molecule has 130 valence electrons. The Morgan fingerprint density at radius 2 is 1.96 bits per heavy atom. The third kappa shape index (κ3) is 5.02. The zero-order valence-corrected chi connectivity index (χ0v) is 15.8. The van der Waals surface area contributed by atoms with Crippen LogP contribution in [0.2, 0.25) is 0 Å². The van der Waals surface area contributed by atoms with E-state index in [1.807, 2.05) is 25.1 Å². The second kappa shape index (κ2) is 8.95. The molecule has 1 fully saturated rings. The van der Waals surface area contributed by atoms with Crippen molar-refractivity contribution in [3.05, 3.63) is 52.8 Å². The van der Waals surface area contributed by atoms with Gasteiger partial charge in [0.2, 0.25) is 5.95 Å². The lowest BCUT2D eigenvalue weighted by Gasteiger charge is -2.38. The molecule has 0 N–H and O–H groups in total. The highest BCUT2D eigenvalue weighted by molar-refractivity contribution is 9.10. The molecule has 0 saturated carbocycles. The third-order valence-corrected chi connectivity index (χ3v) is 4.43. The quantitative estimate of drug-likeness (QED) is 0.721. The molecule has 1 atom stereocenters. The number of halogens is 1. The molecule has 0 bridgehead atoms. The molecule has 0 amide bonds. The highest BCUT2D eigenvalue weighted by Crippen LogP contribution is 2.17. The summed E-state index contributed by atoms with van der Waals surface area (Å²) >= 11 is 3.38. The molecule has 0 radical (unpaired) electrons. The molecule has 1 saturated heterocycles. The molecule has 2 heterocycles. The first-order chi connectivity index (χ1) is 12.3. The molecule has 1 unspecified atom stereocenters. The molecule has 0 aliphatic carbocycles. The van der Waals surface area contributed by atoms with E-state index in [2.05, 4.69) is 59.7 Å². The number of ether oxygens (including phenoxy) is 1. The van der Waals surface area contributed by atoms with E-state index < -0.39 is 0 Å². The lowest BCUT2D eigenvalue weighted by molar-refractivity contribution is 0.0126. The van der Waals surface area contributed by atoms with Crippen LogP contribution in [0.15, 0.2) is 47.2 Å². The van der Waals surface area contributed by atoms with E-state index in [9.17, 15) is 0 Å². The molecule has 2 aromatic rings. The number of hydrogen-bond acceptors (Lipinski definition) is 5. The van der Waals surface area contributed by atoms with Gasteiger partial charge >= 0.3 is 0 Å². The molecule has 1 aliphatic rings. The van der Waals surface area contributed by atoms with E-state index in [-0.39, 0.29) is 6.04 Å². The first kappa shape index (κ1) is 17.9. The number of piperazine rings is 1. The largest absolute Gasteiger partial charge is 0.361 e. The summed E-state index contributed by atoms with van der Waals surface area (Å²) in [6.07, 6.45) is 3.54. The van der Waals surface area contributed by atoms with Gasteiger partial charge in [-0.05, 0) is 28.4 Å². The van der Waals surface area contributed by atoms with Crippen LogP contribution < -0.4 is 4.90 Å². The van der Waals surface area contributed by atoms with Gasteiger partial charge in [0.15, 0.2) is 0 Å². The fraction of sp³-hybridized carbons (Fsp3) is 0.368. The standard InChI is InChI=1S/C19H21BrN4O/c1-2-6-18-13-23(15-25-14-16-7-4-3-5-8-16)9-10-24(18)19-21-11-17(20)12-22-19/h3-5,7-8,11-12,18H,9-10,13-15H2,1H3. The first-order valence-corrected chi connectivity index (χ1v) is 9.06. The predicted octanol–water partition coefficient (Wildman–Crippen LogP) is 2.93. The second-order valence-corrected chi connectivity index (χ2v) is 6.76. The van der Waals surface area contributed by atoms with Crippen LogP contribution in [0.3, 0.4) is 0 Å². The van der Waals surface area contributed by atoms with Gasteiger partial charge in [0.1, 0.15) is 6.04 Å². The predicted molar refractivity (Wildman–Crippen MR) is 102 cm³/mol. The van der Waals surface area contributed by atoms with Crippen LogP contribution in [-0.4, -0.2) is 47.3 Å². The minimum absolute atomic E-state index is 0.0697. The van der Waals surface area contributed by atoms with E-state index >= 15 is 0 Å². The van der Waals surface area contributed by atoms with E-state index in [4.69, 9.17) is 4.74 Å². The van der Waals surface area contributed by atoms with Gasteiger partial charge in [0.25, 0.3) is 0 Å². The maximum atomic E-state index is 5.86. The summed E-state index contributed by atoms with van der Waals surface area (Å²) in [6.45, 7) is 5.64. The summed E-state index contributed by atoms with van der Waals surface area (Å²) in [5.74, 6) is 7.02. The summed E-state index contributed by atoms with van der Waals surface area (Å²) in [5.41, 5.74) is 1.19. The lowest BCUT2D eigenvalue weighted by atomic mass is 10.2. The second-order valence-electron chi connectivity index (χ2n) is 5.84. The van der Waals surface area contributed by atoms with Crippen molar-refractivity contribution >= 4 is 21.9 Å². The number of nitrogens with zero attached hydrogens (tertiary/aromatic N) is 4. The number of aromatic nitrogens is 2. The van der Waals surface area contributed by atoms with Gasteiger partial charge in [-0.2, -0.15) is 0 Å². The summed E-state index contributed by atoms with van der Waals surface area (Å²) in [7, 11) is 0. The fourth-order valence-corrected chi connectivity index (χ4v) is 3.01. The Kier molecular flexibility index (Phi) is 6.40. The Labute approximate surface area is 157 Å². The minimum atomic E-state index is 0.0697. The van der Waals surface area contributed by atoms with Crippen LogP contribution in [0.4, 0.5) is 5.95 Å². The molecule has 1 aliphatic heterocycles. The van der Waals surface area contributed by atoms with Crippen molar-refractivity contribution in [2.24, 2.45) is 0 Å². The number of rotatable bonds is 5. The summed E-state index contributed by atoms with van der Waals surface area (Å²) < 4.78 is 6.74. The van der Waals surface area contributed by atoms with Crippen LogP contribution in [0.5, 0.6) is 0 Å². The topological polar surface area (TPSA) is 41.5 Å². The summed E-state index contributed by atoms with van der Waals surface area (Å²) in [5, 5.41) is 0. The van der Waals surface area contributed by atoms with Gasteiger partial charge in [0, 0.05) is 32.0 Å². The molecule has 5 nitrogen and oxygen atoms in total. The SMILES string of the molecule is CC#CC1CN(COCc2ccccc2)CCN1c1ncc(Br)cn1. The van der Waals surface area contributed by atoms with Crippen molar-refractivity contribution in [2.45, 2.75) is 19.6 Å². The maximum Gasteiger partial charge on any atom is 0.226 e. The van der Waals surface area contributed by atoms with Gasteiger partial charge in [-0.3, -0.25) is 4.90 Å². The van der Waals surface area contributed by atoms with Crippen LogP contribution in [0.25, 0.3) is 0 Å². The molecule has 1 aromatic carbocycles. The Bertz CT molecular complexity index is 727. The van der Waals surface area contributed by atoms with Crippen LogP contribution in [0, 0.1) is 11.8 Å². The molecule has 3 rings (SSSR count). The molecular formula is C19H21BrN4O. The van der Waals surface area contributed by atoms with Crippen LogP contribution in [0.1, 0.15) is 12.5 Å². The monoisotopic (exact) mass is 400 g/mol. The molecule has 6 heteroatoms. The van der Waals surface area contributed by atoms with Crippen molar-refractivity contribution in [1.29, 1.82) is 0 Å². The van der Waals surface area contributed by atoms with Gasteiger partial charge in [-0.15, -0.1) is 5.92 Å². The van der Waals surface area contributed by atoms with Crippen molar-refractivity contribution in [1.82, 2.24) is 14.9 Å². The number of benzene rings is 1. The van der Waals surface area contributed by atoms with Crippen molar-refractivity contribution in [2.75, 3.05) is 31.3 Å². The van der Waals surface area contributed by atoms with E-state index in [0.717, 1.165) is 30.1 Å². The average Bonchev–Trinajstić information content (AvgIpc) is 2.64. The number of anilines is 1. The fourth-order valence-electron chi connectivity index (χ4n) is 2.81. The van der Waals surface area contributed by atoms with E-state index in [0.29, 0.717) is 13.3 Å². The van der Waals surface area contributed by atoms with E-state index in [1.165, 1.54) is 5.56 Å². The minimum Gasteiger partial charge on any atom is -0.361 e. The Hall–Kier alpha value is -1.94. The Balaban J connectivity index is 1.57.